The maximum absolute atomic E-state index is 9.23. The van der Waals surface area contributed by atoms with Crippen LogP contribution in [0, 0.1) is 5.41 Å². The molecule has 0 aromatic rings. The number of aliphatic imine (C=N–C) groups is 1. The quantitative estimate of drug-likeness (QED) is 0.235. The van der Waals surface area contributed by atoms with E-state index in [0.717, 1.165) is 45.0 Å². The van der Waals surface area contributed by atoms with Gasteiger partial charge in [-0.15, -0.1) is 24.0 Å². The molecule has 1 atom stereocenters. The molecule has 1 aliphatic rings. The lowest BCUT2D eigenvalue weighted by molar-refractivity contribution is 0.131. The molecule has 0 saturated carbocycles. The van der Waals surface area contributed by atoms with Crippen LogP contribution in [0.15, 0.2) is 4.99 Å². The lowest BCUT2D eigenvalue weighted by Crippen LogP contribution is -2.39. The van der Waals surface area contributed by atoms with Crippen molar-refractivity contribution in [1.29, 1.82) is 0 Å². The molecular weight excluding hydrogens is 381 g/mol. The Morgan fingerprint density at radius 2 is 2.10 bits per heavy atom. The number of guanidine groups is 1. The molecule has 0 radical (unpaired) electrons. The first-order valence-corrected chi connectivity index (χ1v) is 7.97. The molecule has 1 fully saturated rings. The van der Waals surface area contributed by atoms with Crippen molar-refractivity contribution in [3.8, 4) is 0 Å². The highest BCUT2D eigenvalue weighted by Gasteiger charge is 2.34. The monoisotopic (exact) mass is 413 g/mol. The van der Waals surface area contributed by atoms with Crippen LogP contribution in [0.5, 0.6) is 0 Å². The molecule has 0 aromatic carbocycles. The van der Waals surface area contributed by atoms with E-state index in [4.69, 9.17) is 4.74 Å². The molecule has 0 amide bonds. The summed E-state index contributed by atoms with van der Waals surface area (Å²) in [5.41, 5.74) is 0.0283. The first-order chi connectivity index (χ1) is 9.76. The van der Waals surface area contributed by atoms with Crippen molar-refractivity contribution in [3.63, 3.8) is 0 Å². The van der Waals surface area contributed by atoms with Gasteiger partial charge in [-0.3, -0.25) is 4.99 Å². The van der Waals surface area contributed by atoms with E-state index in [1.54, 1.807) is 0 Å². The number of halogens is 1. The first-order valence-electron chi connectivity index (χ1n) is 7.97. The summed E-state index contributed by atoms with van der Waals surface area (Å²) >= 11 is 0. The largest absolute Gasteiger partial charge is 0.396 e. The average molecular weight is 413 g/mol. The van der Waals surface area contributed by atoms with Gasteiger partial charge in [-0.05, 0) is 26.2 Å². The Bertz CT molecular complexity index is 282. The molecule has 0 spiro atoms. The second-order valence-electron chi connectivity index (χ2n) is 5.61. The Hall–Kier alpha value is -0.0800. The van der Waals surface area contributed by atoms with Crippen LogP contribution in [0.25, 0.3) is 0 Å². The summed E-state index contributed by atoms with van der Waals surface area (Å²) in [4.78, 5) is 4.69. The van der Waals surface area contributed by atoms with Crippen molar-refractivity contribution in [2.45, 2.75) is 46.0 Å². The zero-order valence-electron chi connectivity index (χ0n) is 13.5. The molecule has 1 rings (SSSR count). The Labute approximate surface area is 146 Å². The maximum Gasteiger partial charge on any atom is 0.191 e. The zero-order chi connectivity index (χ0) is 14.7. The molecule has 1 saturated heterocycles. The number of ether oxygens (including phenoxy) is 1. The Morgan fingerprint density at radius 1 is 1.29 bits per heavy atom. The number of nitrogens with zero attached hydrogens (tertiary/aromatic N) is 1. The highest BCUT2D eigenvalue weighted by Crippen LogP contribution is 2.32. The number of aliphatic hydroxyl groups excluding tert-OH is 1. The molecule has 126 valence electrons. The van der Waals surface area contributed by atoms with Gasteiger partial charge in [0.15, 0.2) is 5.96 Å². The van der Waals surface area contributed by atoms with Crippen LogP contribution in [0.2, 0.25) is 0 Å². The van der Waals surface area contributed by atoms with Crippen molar-refractivity contribution in [1.82, 2.24) is 10.6 Å². The van der Waals surface area contributed by atoms with Crippen LogP contribution in [0.4, 0.5) is 0 Å². The summed E-state index contributed by atoms with van der Waals surface area (Å²) in [6.07, 6.45) is 5.41. The second-order valence-corrected chi connectivity index (χ2v) is 5.61. The van der Waals surface area contributed by atoms with Crippen LogP contribution >= 0.6 is 24.0 Å². The smallest absolute Gasteiger partial charge is 0.191 e. The molecule has 5 nitrogen and oxygen atoms in total. The van der Waals surface area contributed by atoms with Crippen molar-refractivity contribution >= 4 is 29.9 Å². The molecule has 21 heavy (non-hydrogen) atoms. The van der Waals surface area contributed by atoms with Gasteiger partial charge in [0.25, 0.3) is 0 Å². The van der Waals surface area contributed by atoms with E-state index in [0.29, 0.717) is 6.61 Å². The minimum absolute atomic E-state index is 0. The molecule has 1 aliphatic heterocycles. The molecule has 1 heterocycles. The maximum atomic E-state index is 9.23. The van der Waals surface area contributed by atoms with Gasteiger partial charge < -0.3 is 20.5 Å². The standard InChI is InChI=1S/C15H31N3O2.HI/c1-3-5-6-9-17-14(16-4-2)18-12-15(7-10-19)8-11-20-13-15;/h19H,3-13H2,1-2H3,(H2,16,17,18);1H. The summed E-state index contributed by atoms with van der Waals surface area (Å²) in [7, 11) is 0. The van der Waals surface area contributed by atoms with Crippen LogP contribution in [-0.4, -0.2) is 50.5 Å². The van der Waals surface area contributed by atoms with Gasteiger partial charge in [-0.1, -0.05) is 19.8 Å². The molecule has 3 N–H and O–H groups in total. The number of aliphatic hydroxyl groups is 1. The Balaban J connectivity index is 0.00000400. The van der Waals surface area contributed by atoms with Gasteiger partial charge >= 0.3 is 0 Å². The molecule has 1 unspecified atom stereocenters. The molecule has 0 aliphatic carbocycles. The van der Waals surface area contributed by atoms with Gasteiger partial charge in [0.1, 0.15) is 0 Å². The van der Waals surface area contributed by atoms with Crippen molar-refractivity contribution in [2.75, 3.05) is 39.5 Å². The highest BCUT2D eigenvalue weighted by atomic mass is 127. The molecular formula is C15H32IN3O2. The summed E-state index contributed by atoms with van der Waals surface area (Å²) in [6, 6.07) is 0. The van der Waals surface area contributed by atoms with Crippen molar-refractivity contribution < 1.29 is 9.84 Å². The Kier molecular flexibility index (Phi) is 12.4. The minimum Gasteiger partial charge on any atom is -0.396 e. The lowest BCUT2D eigenvalue weighted by Gasteiger charge is -2.24. The molecule has 0 bridgehead atoms. The van der Waals surface area contributed by atoms with Crippen LogP contribution in [0.1, 0.15) is 46.0 Å². The third kappa shape index (κ3) is 8.21. The summed E-state index contributed by atoms with van der Waals surface area (Å²) in [6.45, 7) is 8.54. The SMILES string of the molecule is CCCCCNC(=NCC1(CCO)CCOC1)NCC.I. The van der Waals surface area contributed by atoms with Gasteiger partial charge in [0.2, 0.25) is 0 Å². The van der Waals surface area contributed by atoms with Crippen LogP contribution in [0.3, 0.4) is 0 Å². The Morgan fingerprint density at radius 3 is 2.67 bits per heavy atom. The van der Waals surface area contributed by atoms with Crippen LogP contribution in [-0.2, 0) is 4.74 Å². The van der Waals surface area contributed by atoms with Crippen molar-refractivity contribution in [2.24, 2.45) is 10.4 Å². The topological polar surface area (TPSA) is 65.9 Å². The van der Waals surface area contributed by atoms with Gasteiger partial charge in [0.05, 0.1) is 13.2 Å². The fourth-order valence-electron chi connectivity index (χ4n) is 2.46. The number of hydrogen-bond acceptors (Lipinski definition) is 3. The number of nitrogens with one attached hydrogen (secondary N) is 2. The summed E-state index contributed by atoms with van der Waals surface area (Å²) in [5.74, 6) is 0.882. The zero-order valence-corrected chi connectivity index (χ0v) is 15.8. The number of rotatable bonds is 9. The summed E-state index contributed by atoms with van der Waals surface area (Å²) < 4.78 is 5.50. The minimum atomic E-state index is 0. The predicted molar refractivity (Wildman–Crippen MR) is 98.5 cm³/mol. The predicted octanol–water partition coefficient (Wildman–Crippen LogP) is 2.14. The molecule has 6 heteroatoms. The van der Waals surface area contributed by atoms with E-state index in [1.807, 2.05) is 0 Å². The van der Waals surface area contributed by atoms with E-state index in [1.165, 1.54) is 19.3 Å². The van der Waals surface area contributed by atoms with Crippen LogP contribution < -0.4 is 10.6 Å². The van der Waals surface area contributed by atoms with E-state index in [-0.39, 0.29) is 36.0 Å². The third-order valence-electron chi connectivity index (χ3n) is 3.82. The lowest BCUT2D eigenvalue weighted by atomic mass is 9.84. The average Bonchev–Trinajstić information content (AvgIpc) is 2.90. The number of unbranched alkanes of at least 4 members (excludes halogenated alkanes) is 2. The van der Waals surface area contributed by atoms with Crippen molar-refractivity contribution in [3.05, 3.63) is 0 Å². The number of hydrogen-bond donors (Lipinski definition) is 3. The van der Waals surface area contributed by atoms with E-state index >= 15 is 0 Å². The first kappa shape index (κ1) is 20.9. The fraction of sp³-hybridized carbons (Fsp3) is 0.933. The normalized spacial score (nSPS) is 22.0. The summed E-state index contributed by atoms with van der Waals surface area (Å²) in [5, 5.41) is 15.9. The molecule has 0 aromatic heterocycles. The van der Waals surface area contributed by atoms with Gasteiger partial charge in [-0.2, -0.15) is 0 Å². The van der Waals surface area contributed by atoms with Gasteiger partial charge in [-0.25, -0.2) is 0 Å². The highest BCUT2D eigenvalue weighted by molar-refractivity contribution is 14.0. The van der Waals surface area contributed by atoms with E-state index in [9.17, 15) is 5.11 Å². The van der Waals surface area contributed by atoms with Gasteiger partial charge in [0, 0.05) is 31.7 Å². The third-order valence-corrected chi connectivity index (χ3v) is 3.82. The van der Waals surface area contributed by atoms with E-state index < -0.39 is 0 Å². The van der Waals surface area contributed by atoms with E-state index in [2.05, 4.69) is 29.5 Å². The fourth-order valence-corrected chi connectivity index (χ4v) is 2.46. The second kappa shape index (κ2) is 12.5.